The minimum atomic E-state index is -0.602. The Morgan fingerprint density at radius 3 is 2.83 bits per heavy atom. The molecule has 4 rings (SSSR count). The molecule has 0 spiro atoms. The summed E-state index contributed by atoms with van der Waals surface area (Å²) >= 11 is 3.42. The summed E-state index contributed by atoms with van der Waals surface area (Å²) in [6, 6.07) is 4.53. The number of benzene rings is 1. The number of alkyl halides is 1. The Kier molecular flexibility index (Phi) is 6.13. The second-order valence-electron chi connectivity index (χ2n) is 7.23. The number of ether oxygens (including phenoxy) is 2. The minimum Gasteiger partial charge on any atom is -0.493 e. The highest BCUT2D eigenvalue weighted by atomic mass is 79.9. The van der Waals surface area contributed by atoms with Gasteiger partial charge in [0, 0.05) is 29.6 Å². The maximum absolute atomic E-state index is 13.3. The van der Waals surface area contributed by atoms with Crippen molar-refractivity contribution in [3.63, 3.8) is 0 Å². The molecule has 7 nitrogen and oxygen atoms in total. The van der Waals surface area contributed by atoms with Crippen molar-refractivity contribution >= 4 is 39.0 Å². The number of amides is 2. The fraction of sp³-hybridized carbons (Fsp3) is 0.364. The first-order valence-electron chi connectivity index (χ1n) is 9.90. The Labute approximate surface area is 183 Å². The van der Waals surface area contributed by atoms with Gasteiger partial charge in [0.25, 0.3) is 5.91 Å². The molecule has 0 saturated carbocycles. The third-order valence-corrected chi connectivity index (χ3v) is 5.86. The fourth-order valence-electron chi connectivity index (χ4n) is 3.70. The van der Waals surface area contributed by atoms with E-state index in [1.165, 1.54) is 12.0 Å². The summed E-state index contributed by atoms with van der Waals surface area (Å²) in [5.74, 6) is 0.493. The summed E-state index contributed by atoms with van der Waals surface area (Å²) in [6.07, 6.45) is 8.39. The lowest BCUT2D eigenvalue weighted by Gasteiger charge is -2.18. The van der Waals surface area contributed by atoms with Gasteiger partial charge >= 0.3 is 0 Å². The standard InChI is InChI=1S/C22H23BrN2O5/c1-28-19-10-16-17(11-20(19)30-7-4-2-3-6-23)24-21(26)18-9-15(12-25(18)22(16)27)14-5-8-29-13-14/h5,8,10-13,18H,2-4,6-7,9H2,1H3,(H,24,26)/t18-/m0/s1. The average molecular weight is 475 g/mol. The largest absolute Gasteiger partial charge is 0.493 e. The van der Waals surface area contributed by atoms with Crippen LogP contribution in [0.1, 0.15) is 41.6 Å². The van der Waals surface area contributed by atoms with E-state index in [0.29, 0.717) is 35.8 Å². The Balaban J connectivity index is 1.60. The van der Waals surface area contributed by atoms with Crippen LogP contribution in [-0.2, 0) is 4.79 Å². The molecule has 0 aliphatic carbocycles. The highest BCUT2D eigenvalue weighted by Gasteiger charge is 2.39. The van der Waals surface area contributed by atoms with E-state index >= 15 is 0 Å². The van der Waals surface area contributed by atoms with Crippen molar-refractivity contribution in [1.82, 2.24) is 4.90 Å². The van der Waals surface area contributed by atoms with Gasteiger partial charge in [0.2, 0.25) is 5.91 Å². The molecule has 0 radical (unpaired) electrons. The van der Waals surface area contributed by atoms with E-state index in [9.17, 15) is 9.59 Å². The zero-order valence-electron chi connectivity index (χ0n) is 16.7. The summed E-state index contributed by atoms with van der Waals surface area (Å²) < 4.78 is 16.5. The van der Waals surface area contributed by atoms with E-state index in [4.69, 9.17) is 13.9 Å². The monoisotopic (exact) mass is 474 g/mol. The number of carbonyl (C=O) groups excluding carboxylic acids is 2. The van der Waals surface area contributed by atoms with Crippen LogP contribution < -0.4 is 14.8 Å². The van der Waals surface area contributed by atoms with Gasteiger partial charge in [0.1, 0.15) is 6.04 Å². The number of hydrogen-bond acceptors (Lipinski definition) is 5. The van der Waals surface area contributed by atoms with Crippen molar-refractivity contribution in [2.75, 3.05) is 24.4 Å². The molecule has 3 heterocycles. The van der Waals surface area contributed by atoms with E-state index in [1.807, 2.05) is 6.07 Å². The summed E-state index contributed by atoms with van der Waals surface area (Å²) in [5, 5.41) is 3.86. The molecule has 0 unspecified atom stereocenters. The number of hydrogen-bond donors (Lipinski definition) is 1. The van der Waals surface area contributed by atoms with Crippen molar-refractivity contribution in [3.05, 3.63) is 48.1 Å². The van der Waals surface area contributed by atoms with Gasteiger partial charge in [-0.3, -0.25) is 9.59 Å². The van der Waals surface area contributed by atoms with E-state index in [2.05, 4.69) is 21.2 Å². The highest BCUT2D eigenvalue weighted by Crippen LogP contribution is 2.39. The van der Waals surface area contributed by atoms with Gasteiger partial charge in [0.05, 0.1) is 37.5 Å². The summed E-state index contributed by atoms with van der Waals surface area (Å²) in [4.78, 5) is 27.6. The number of carbonyl (C=O) groups is 2. The van der Waals surface area contributed by atoms with Gasteiger partial charge in [-0.1, -0.05) is 15.9 Å². The quantitative estimate of drug-likeness (QED) is 0.451. The average Bonchev–Trinajstić information content (AvgIpc) is 3.41. The van der Waals surface area contributed by atoms with Crippen LogP contribution in [0.3, 0.4) is 0 Å². The normalized spacial score (nSPS) is 17.7. The maximum Gasteiger partial charge on any atom is 0.260 e. The number of fused-ring (bicyclic) bond motifs is 2. The first-order valence-corrected chi connectivity index (χ1v) is 11.0. The lowest BCUT2D eigenvalue weighted by molar-refractivity contribution is -0.119. The van der Waals surface area contributed by atoms with Crippen LogP contribution in [0.4, 0.5) is 5.69 Å². The summed E-state index contributed by atoms with van der Waals surface area (Å²) in [5.41, 5.74) is 2.56. The van der Waals surface area contributed by atoms with Crippen molar-refractivity contribution in [2.45, 2.75) is 31.7 Å². The third-order valence-electron chi connectivity index (χ3n) is 5.30. The van der Waals surface area contributed by atoms with Gasteiger partial charge in [-0.05, 0) is 37.0 Å². The molecule has 1 aromatic heterocycles. The zero-order chi connectivity index (χ0) is 21.1. The molecule has 2 aliphatic heterocycles. The fourth-order valence-corrected chi connectivity index (χ4v) is 4.10. The molecule has 8 heteroatoms. The smallest absolute Gasteiger partial charge is 0.260 e. The van der Waals surface area contributed by atoms with Crippen molar-refractivity contribution in [3.8, 4) is 11.5 Å². The molecule has 30 heavy (non-hydrogen) atoms. The highest BCUT2D eigenvalue weighted by molar-refractivity contribution is 9.09. The van der Waals surface area contributed by atoms with Crippen LogP contribution in [0.2, 0.25) is 0 Å². The molecule has 0 fully saturated rings. The third kappa shape index (κ3) is 3.96. The van der Waals surface area contributed by atoms with Crippen LogP contribution in [-0.4, -0.2) is 41.8 Å². The van der Waals surface area contributed by atoms with E-state index < -0.39 is 6.04 Å². The van der Waals surface area contributed by atoms with Crippen LogP contribution in [0, 0.1) is 0 Å². The summed E-state index contributed by atoms with van der Waals surface area (Å²) in [7, 11) is 1.54. The number of methoxy groups -OCH3 is 1. The number of unbranched alkanes of at least 4 members (excludes halogenated alkanes) is 2. The van der Waals surface area contributed by atoms with Gasteiger partial charge in [0.15, 0.2) is 11.5 Å². The molecule has 2 aromatic rings. The molecule has 0 saturated heterocycles. The van der Waals surface area contributed by atoms with Crippen molar-refractivity contribution in [2.24, 2.45) is 0 Å². The number of furan rings is 1. The first-order chi connectivity index (χ1) is 14.6. The Hall–Kier alpha value is -2.74. The van der Waals surface area contributed by atoms with E-state index in [-0.39, 0.29) is 11.8 Å². The van der Waals surface area contributed by atoms with Gasteiger partial charge in [-0.15, -0.1) is 0 Å². The lowest BCUT2D eigenvalue weighted by atomic mass is 10.1. The molecule has 1 atom stereocenters. The summed E-state index contributed by atoms with van der Waals surface area (Å²) in [6.45, 7) is 0.537. The molecule has 2 aliphatic rings. The van der Waals surface area contributed by atoms with Crippen LogP contribution in [0.15, 0.2) is 41.3 Å². The molecular weight excluding hydrogens is 452 g/mol. The number of nitrogens with zero attached hydrogens (tertiary/aromatic N) is 1. The Morgan fingerprint density at radius 2 is 2.10 bits per heavy atom. The van der Waals surface area contributed by atoms with E-state index in [0.717, 1.165) is 35.7 Å². The molecule has 0 bridgehead atoms. The molecule has 1 aromatic carbocycles. The number of nitrogens with one attached hydrogen (secondary N) is 1. The zero-order valence-corrected chi connectivity index (χ0v) is 18.2. The lowest BCUT2D eigenvalue weighted by Crippen LogP contribution is -2.38. The van der Waals surface area contributed by atoms with Gasteiger partial charge in [-0.25, -0.2) is 0 Å². The van der Waals surface area contributed by atoms with Crippen molar-refractivity contribution < 1.29 is 23.5 Å². The minimum absolute atomic E-state index is 0.231. The van der Waals surface area contributed by atoms with Gasteiger partial charge < -0.3 is 24.1 Å². The number of rotatable bonds is 8. The maximum atomic E-state index is 13.3. The first kappa shape index (κ1) is 20.5. The van der Waals surface area contributed by atoms with Crippen molar-refractivity contribution in [1.29, 1.82) is 0 Å². The predicted molar refractivity (Wildman–Crippen MR) is 116 cm³/mol. The number of halogens is 1. The van der Waals surface area contributed by atoms with Crippen LogP contribution >= 0.6 is 15.9 Å². The van der Waals surface area contributed by atoms with Gasteiger partial charge in [-0.2, -0.15) is 0 Å². The SMILES string of the molecule is COc1cc2c(cc1OCCCCCBr)NC(=O)[C@@H]1CC(c3ccoc3)=CN1C2=O. The Morgan fingerprint density at radius 1 is 1.23 bits per heavy atom. The molecule has 2 amide bonds. The van der Waals surface area contributed by atoms with Crippen LogP contribution in [0.25, 0.3) is 5.57 Å². The van der Waals surface area contributed by atoms with Crippen LogP contribution in [0.5, 0.6) is 11.5 Å². The second-order valence-corrected chi connectivity index (χ2v) is 8.03. The van der Waals surface area contributed by atoms with E-state index in [1.54, 1.807) is 30.9 Å². The molecule has 1 N–H and O–H groups in total. The Bertz CT molecular complexity index is 970. The molecule has 158 valence electrons. The predicted octanol–water partition coefficient (Wildman–Crippen LogP) is 4.44. The number of anilines is 1. The molecular formula is C22H23BrN2O5. The topological polar surface area (TPSA) is 81.0 Å². The second kappa shape index (κ2) is 8.95.